The summed E-state index contributed by atoms with van der Waals surface area (Å²) in [6, 6.07) is 2.86. The summed E-state index contributed by atoms with van der Waals surface area (Å²) in [5.41, 5.74) is 8.82. The van der Waals surface area contributed by atoms with Crippen molar-refractivity contribution in [2.75, 3.05) is 0 Å². The first-order valence-corrected chi connectivity index (χ1v) is 5.72. The molecular weight excluding hydrogens is 225 g/mol. The summed E-state index contributed by atoms with van der Waals surface area (Å²) in [6.45, 7) is 3.71. The number of halogens is 1. The van der Waals surface area contributed by atoms with Gasteiger partial charge < -0.3 is 5.73 Å². The Kier molecular flexibility index (Phi) is 2.98. The molecule has 0 bridgehead atoms. The van der Waals surface area contributed by atoms with E-state index < -0.39 is 6.04 Å². The molecule has 0 aliphatic rings. The molecule has 1 atom stereocenters. The fourth-order valence-electron chi connectivity index (χ4n) is 1.78. The zero-order chi connectivity index (χ0) is 11.7. The fraction of sp³-hybridized carbons (Fsp3) is 0.273. The van der Waals surface area contributed by atoms with E-state index in [4.69, 9.17) is 5.73 Å². The summed E-state index contributed by atoms with van der Waals surface area (Å²) in [5, 5.41) is 5.61. The van der Waals surface area contributed by atoms with Crippen LogP contribution in [0.15, 0.2) is 17.5 Å². The zero-order valence-corrected chi connectivity index (χ0v) is 9.88. The van der Waals surface area contributed by atoms with Gasteiger partial charge in [-0.15, -0.1) is 5.10 Å². The Morgan fingerprint density at radius 3 is 2.69 bits per heavy atom. The molecule has 0 radical (unpaired) electrons. The van der Waals surface area contributed by atoms with Gasteiger partial charge in [-0.3, -0.25) is 0 Å². The van der Waals surface area contributed by atoms with Crippen LogP contribution in [-0.4, -0.2) is 9.59 Å². The molecule has 0 aliphatic heterocycles. The molecule has 1 heterocycles. The smallest absolute Gasteiger partial charge is 0.128 e. The highest BCUT2D eigenvalue weighted by molar-refractivity contribution is 7.03. The van der Waals surface area contributed by atoms with Gasteiger partial charge in [0.2, 0.25) is 0 Å². The number of aromatic nitrogens is 2. The summed E-state index contributed by atoms with van der Waals surface area (Å²) in [6.07, 6.45) is 0. The third-order valence-electron chi connectivity index (χ3n) is 2.49. The van der Waals surface area contributed by atoms with Crippen LogP contribution in [0.25, 0.3) is 0 Å². The van der Waals surface area contributed by atoms with Crippen LogP contribution in [-0.2, 0) is 0 Å². The Morgan fingerprint density at radius 1 is 1.38 bits per heavy atom. The summed E-state index contributed by atoms with van der Waals surface area (Å²) < 4.78 is 17.6. The van der Waals surface area contributed by atoms with Crippen molar-refractivity contribution in [1.82, 2.24) is 9.59 Å². The number of hydrogen-bond acceptors (Lipinski definition) is 4. The van der Waals surface area contributed by atoms with Crippen molar-refractivity contribution in [3.05, 3.63) is 45.7 Å². The van der Waals surface area contributed by atoms with Gasteiger partial charge in [-0.1, -0.05) is 10.6 Å². The molecule has 2 aromatic rings. The van der Waals surface area contributed by atoms with Gasteiger partial charge in [0.05, 0.1) is 11.7 Å². The largest absolute Gasteiger partial charge is 0.319 e. The quantitative estimate of drug-likeness (QED) is 0.872. The topological polar surface area (TPSA) is 51.8 Å². The molecule has 1 unspecified atom stereocenters. The van der Waals surface area contributed by atoms with E-state index in [0.29, 0.717) is 11.3 Å². The standard InChI is InChI=1S/C11H12FN3S/c1-6-3-7(2)10(8(12)4-6)11(13)9-5-16-15-14-9/h3-5,11H,13H2,1-2H3. The Morgan fingerprint density at radius 2 is 2.12 bits per heavy atom. The van der Waals surface area contributed by atoms with Gasteiger partial charge >= 0.3 is 0 Å². The number of hydrogen-bond donors (Lipinski definition) is 1. The number of aryl methyl sites for hydroxylation is 2. The Labute approximate surface area is 97.3 Å². The maximum Gasteiger partial charge on any atom is 0.128 e. The van der Waals surface area contributed by atoms with Crippen molar-refractivity contribution in [3.63, 3.8) is 0 Å². The highest BCUT2D eigenvalue weighted by atomic mass is 32.1. The lowest BCUT2D eigenvalue weighted by atomic mass is 9.97. The normalized spacial score (nSPS) is 12.8. The van der Waals surface area contributed by atoms with Gasteiger partial charge in [-0.2, -0.15) is 0 Å². The predicted octanol–water partition coefficient (Wildman–Crippen LogP) is 2.34. The first-order chi connectivity index (χ1) is 7.59. The molecule has 0 amide bonds. The van der Waals surface area contributed by atoms with Gasteiger partial charge in [-0.25, -0.2) is 4.39 Å². The number of nitrogens with zero attached hydrogens (tertiary/aromatic N) is 2. The average Bonchev–Trinajstić information content (AvgIpc) is 2.67. The summed E-state index contributed by atoms with van der Waals surface area (Å²) in [7, 11) is 0. The van der Waals surface area contributed by atoms with Crippen molar-refractivity contribution in [1.29, 1.82) is 0 Å². The van der Waals surface area contributed by atoms with Gasteiger partial charge in [0.25, 0.3) is 0 Å². The third-order valence-corrected chi connectivity index (χ3v) is 3.01. The lowest BCUT2D eigenvalue weighted by molar-refractivity contribution is 0.593. The van der Waals surface area contributed by atoms with E-state index in [9.17, 15) is 4.39 Å². The van der Waals surface area contributed by atoms with Crippen molar-refractivity contribution in [3.8, 4) is 0 Å². The zero-order valence-electron chi connectivity index (χ0n) is 9.07. The number of benzene rings is 1. The maximum atomic E-state index is 13.8. The fourth-order valence-corrected chi connectivity index (χ4v) is 2.27. The molecule has 1 aromatic carbocycles. The van der Waals surface area contributed by atoms with Crippen LogP contribution in [0.3, 0.4) is 0 Å². The lowest BCUT2D eigenvalue weighted by Crippen LogP contribution is -2.16. The molecule has 1 aromatic heterocycles. The van der Waals surface area contributed by atoms with E-state index in [2.05, 4.69) is 9.59 Å². The van der Waals surface area contributed by atoms with E-state index in [-0.39, 0.29) is 5.82 Å². The Bertz CT molecular complexity index is 473. The molecule has 0 saturated carbocycles. The predicted molar refractivity (Wildman–Crippen MR) is 61.8 cm³/mol. The van der Waals surface area contributed by atoms with Gasteiger partial charge in [-0.05, 0) is 42.6 Å². The highest BCUT2D eigenvalue weighted by Gasteiger charge is 2.18. The summed E-state index contributed by atoms with van der Waals surface area (Å²) >= 11 is 1.21. The Balaban J connectivity index is 2.48. The molecule has 5 heteroatoms. The van der Waals surface area contributed by atoms with Crippen LogP contribution in [0, 0.1) is 19.7 Å². The molecule has 0 spiro atoms. The molecular formula is C11H12FN3S. The number of nitrogens with two attached hydrogens (primary N) is 1. The van der Waals surface area contributed by atoms with E-state index in [1.165, 1.54) is 17.6 Å². The van der Waals surface area contributed by atoms with Crippen molar-refractivity contribution in [2.24, 2.45) is 5.73 Å². The van der Waals surface area contributed by atoms with Crippen LogP contribution < -0.4 is 5.73 Å². The molecule has 0 saturated heterocycles. The number of rotatable bonds is 2. The molecule has 0 aliphatic carbocycles. The first-order valence-electron chi connectivity index (χ1n) is 4.88. The minimum atomic E-state index is -0.542. The molecule has 3 nitrogen and oxygen atoms in total. The van der Waals surface area contributed by atoms with Gasteiger partial charge in [0, 0.05) is 10.9 Å². The van der Waals surface area contributed by atoms with Crippen LogP contribution in [0.2, 0.25) is 0 Å². The minimum Gasteiger partial charge on any atom is -0.319 e. The highest BCUT2D eigenvalue weighted by Crippen LogP contribution is 2.25. The van der Waals surface area contributed by atoms with E-state index in [1.807, 2.05) is 19.9 Å². The minimum absolute atomic E-state index is 0.280. The van der Waals surface area contributed by atoms with Crippen LogP contribution in [0.4, 0.5) is 4.39 Å². The van der Waals surface area contributed by atoms with E-state index in [0.717, 1.165) is 11.1 Å². The van der Waals surface area contributed by atoms with E-state index >= 15 is 0 Å². The molecule has 2 N–H and O–H groups in total. The first kappa shape index (κ1) is 11.2. The van der Waals surface area contributed by atoms with Gasteiger partial charge in [0.15, 0.2) is 0 Å². The van der Waals surface area contributed by atoms with Gasteiger partial charge in [0.1, 0.15) is 5.82 Å². The summed E-state index contributed by atoms with van der Waals surface area (Å²) in [4.78, 5) is 0. The van der Waals surface area contributed by atoms with Crippen LogP contribution >= 0.6 is 11.5 Å². The van der Waals surface area contributed by atoms with Crippen molar-refractivity contribution in [2.45, 2.75) is 19.9 Å². The SMILES string of the molecule is Cc1cc(C)c(C(N)c2csnn2)c(F)c1. The van der Waals surface area contributed by atoms with Crippen molar-refractivity contribution < 1.29 is 4.39 Å². The van der Waals surface area contributed by atoms with Crippen molar-refractivity contribution >= 4 is 11.5 Å². The maximum absolute atomic E-state index is 13.8. The third kappa shape index (κ3) is 1.96. The summed E-state index contributed by atoms with van der Waals surface area (Å²) in [5.74, 6) is -0.280. The molecule has 2 rings (SSSR count). The average molecular weight is 237 g/mol. The molecule has 0 fully saturated rings. The monoisotopic (exact) mass is 237 g/mol. The Hall–Kier alpha value is -1.33. The lowest BCUT2D eigenvalue weighted by Gasteiger charge is -2.14. The molecule has 84 valence electrons. The van der Waals surface area contributed by atoms with Crippen LogP contribution in [0.5, 0.6) is 0 Å². The second-order valence-electron chi connectivity index (χ2n) is 3.78. The second kappa shape index (κ2) is 4.27. The molecule has 16 heavy (non-hydrogen) atoms. The van der Waals surface area contributed by atoms with Crippen LogP contribution in [0.1, 0.15) is 28.4 Å². The second-order valence-corrected chi connectivity index (χ2v) is 4.39. The van der Waals surface area contributed by atoms with E-state index in [1.54, 1.807) is 5.38 Å².